The zero-order valence-corrected chi connectivity index (χ0v) is 14.2. The van der Waals surface area contributed by atoms with Crippen LogP contribution in [-0.4, -0.2) is 15.5 Å². The zero-order valence-electron chi connectivity index (χ0n) is 13.5. The van der Waals surface area contributed by atoms with Crippen LogP contribution in [0.4, 0.5) is 10.1 Å². The van der Waals surface area contributed by atoms with Crippen LogP contribution in [0.2, 0.25) is 5.02 Å². The Hall–Kier alpha value is -3.18. The smallest absolute Gasteiger partial charge is 0.260 e. The number of carbonyl (C=O) groups is 1. The van der Waals surface area contributed by atoms with Gasteiger partial charge < -0.3 is 5.32 Å². The van der Waals surface area contributed by atoms with Crippen molar-refractivity contribution in [3.05, 3.63) is 89.5 Å². The lowest BCUT2D eigenvalue weighted by Gasteiger charge is -2.09. The van der Waals surface area contributed by atoms with Gasteiger partial charge in [0, 0.05) is 11.4 Å². The number of hydrogen-bond acceptors (Lipinski definition) is 2. The minimum atomic E-state index is -0.656. The van der Waals surface area contributed by atoms with E-state index < -0.39 is 11.7 Å². The minimum Gasteiger partial charge on any atom is -0.322 e. The van der Waals surface area contributed by atoms with Crippen LogP contribution in [0.3, 0.4) is 0 Å². The van der Waals surface area contributed by atoms with Gasteiger partial charge in [-0.25, -0.2) is 9.37 Å². The largest absolute Gasteiger partial charge is 0.322 e. The van der Waals surface area contributed by atoms with Crippen LogP contribution in [0.1, 0.15) is 10.4 Å². The molecule has 1 heterocycles. The summed E-state index contributed by atoms with van der Waals surface area (Å²) in [5.74, 6) is -1.24. The molecule has 6 heteroatoms. The number of halogens is 2. The van der Waals surface area contributed by atoms with Crippen LogP contribution in [0, 0.1) is 5.82 Å². The number of nitrogens with zero attached hydrogens (tertiary/aromatic N) is 2. The number of hydrogen-bond donors (Lipinski definition) is 1. The van der Waals surface area contributed by atoms with E-state index in [4.69, 9.17) is 11.6 Å². The minimum absolute atomic E-state index is 0.0732. The zero-order chi connectivity index (χ0) is 18.1. The molecule has 26 heavy (non-hydrogen) atoms. The third-order valence-corrected chi connectivity index (χ3v) is 4.36. The second-order valence-electron chi connectivity index (χ2n) is 5.70. The Bertz CT molecular complexity index is 1090. The maximum atomic E-state index is 13.8. The Morgan fingerprint density at radius 1 is 1.00 bits per heavy atom. The number of amides is 1. The maximum Gasteiger partial charge on any atom is 0.260 e. The second kappa shape index (κ2) is 6.61. The summed E-state index contributed by atoms with van der Waals surface area (Å²) in [6, 6.07) is 19.2. The average molecular weight is 366 g/mol. The van der Waals surface area contributed by atoms with E-state index in [0.29, 0.717) is 5.69 Å². The number of carbonyl (C=O) groups excluding carboxylic acids is 1. The van der Waals surface area contributed by atoms with Crippen LogP contribution in [-0.2, 0) is 0 Å². The van der Waals surface area contributed by atoms with Crippen molar-refractivity contribution >= 4 is 34.2 Å². The first-order chi connectivity index (χ1) is 12.6. The molecular weight excluding hydrogens is 353 g/mol. The van der Waals surface area contributed by atoms with Crippen LogP contribution < -0.4 is 5.32 Å². The molecule has 0 saturated carbocycles. The Balaban J connectivity index is 1.59. The lowest BCUT2D eigenvalue weighted by molar-refractivity contribution is 0.102. The van der Waals surface area contributed by atoms with E-state index in [0.717, 1.165) is 16.7 Å². The molecule has 1 aromatic heterocycles. The molecule has 1 N–H and O–H groups in total. The molecule has 1 amide bonds. The number of imidazole rings is 1. The Morgan fingerprint density at radius 3 is 2.54 bits per heavy atom. The third kappa shape index (κ3) is 2.93. The van der Waals surface area contributed by atoms with E-state index in [1.165, 1.54) is 18.2 Å². The molecule has 0 saturated heterocycles. The predicted octanol–water partition coefficient (Wildman–Crippen LogP) is 5.07. The molecule has 0 spiro atoms. The highest BCUT2D eigenvalue weighted by molar-refractivity contribution is 6.34. The summed E-state index contributed by atoms with van der Waals surface area (Å²) in [7, 11) is 0. The molecule has 0 aliphatic carbocycles. The van der Waals surface area contributed by atoms with Gasteiger partial charge >= 0.3 is 0 Å². The van der Waals surface area contributed by atoms with Crippen molar-refractivity contribution in [3.8, 4) is 5.69 Å². The van der Waals surface area contributed by atoms with Crippen LogP contribution >= 0.6 is 11.6 Å². The van der Waals surface area contributed by atoms with Gasteiger partial charge in [0.05, 0.1) is 21.6 Å². The fourth-order valence-electron chi connectivity index (χ4n) is 2.78. The van der Waals surface area contributed by atoms with Crippen molar-refractivity contribution in [2.75, 3.05) is 5.32 Å². The van der Waals surface area contributed by atoms with Gasteiger partial charge in [0.1, 0.15) is 12.1 Å². The number of nitrogens with one attached hydrogen (secondary N) is 1. The molecule has 4 aromatic rings. The number of rotatable bonds is 3. The van der Waals surface area contributed by atoms with Gasteiger partial charge in [-0.2, -0.15) is 0 Å². The highest BCUT2D eigenvalue weighted by atomic mass is 35.5. The van der Waals surface area contributed by atoms with E-state index >= 15 is 0 Å². The molecule has 0 aliphatic rings. The van der Waals surface area contributed by atoms with Gasteiger partial charge in [-0.05, 0) is 48.5 Å². The first kappa shape index (κ1) is 16.3. The van der Waals surface area contributed by atoms with Crippen molar-refractivity contribution in [2.24, 2.45) is 0 Å². The maximum absolute atomic E-state index is 13.8. The van der Waals surface area contributed by atoms with Crippen molar-refractivity contribution in [3.63, 3.8) is 0 Å². The highest BCUT2D eigenvalue weighted by Crippen LogP contribution is 2.22. The van der Waals surface area contributed by atoms with E-state index in [-0.39, 0.29) is 10.6 Å². The Kier molecular flexibility index (Phi) is 4.14. The normalized spacial score (nSPS) is 10.8. The van der Waals surface area contributed by atoms with Gasteiger partial charge in [-0.15, -0.1) is 0 Å². The van der Waals surface area contributed by atoms with E-state index in [2.05, 4.69) is 10.3 Å². The molecule has 0 aliphatic heterocycles. The summed E-state index contributed by atoms with van der Waals surface area (Å²) in [6.45, 7) is 0. The van der Waals surface area contributed by atoms with Crippen LogP contribution in [0.25, 0.3) is 16.7 Å². The summed E-state index contributed by atoms with van der Waals surface area (Å²) in [5.41, 5.74) is 3.17. The molecule has 0 fully saturated rings. The molecule has 3 aromatic carbocycles. The number of benzene rings is 3. The van der Waals surface area contributed by atoms with Crippen molar-refractivity contribution in [2.45, 2.75) is 0 Å². The quantitative estimate of drug-likeness (QED) is 0.551. The number of anilines is 1. The van der Waals surface area contributed by atoms with Gasteiger partial charge in [0.25, 0.3) is 5.91 Å². The summed E-state index contributed by atoms with van der Waals surface area (Å²) in [5, 5.41) is 2.73. The number of fused-ring (bicyclic) bond motifs is 1. The molecule has 0 atom stereocenters. The summed E-state index contributed by atoms with van der Waals surface area (Å²) < 4.78 is 15.8. The lowest BCUT2D eigenvalue weighted by Crippen LogP contribution is -2.14. The van der Waals surface area contributed by atoms with Crippen molar-refractivity contribution < 1.29 is 9.18 Å². The topological polar surface area (TPSA) is 46.9 Å². The monoisotopic (exact) mass is 365 g/mol. The van der Waals surface area contributed by atoms with E-state index in [9.17, 15) is 9.18 Å². The molecule has 128 valence electrons. The van der Waals surface area contributed by atoms with Crippen molar-refractivity contribution in [1.82, 2.24) is 9.55 Å². The van der Waals surface area contributed by atoms with Crippen molar-refractivity contribution in [1.29, 1.82) is 0 Å². The van der Waals surface area contributed by atoms with E-state index in [1.807, 2.05) is 41.0 Å². The Labute approximate surface area is 153 Å². The second-order valence-corrected chi connectivity index (χ2v) is 6.11. The molecule has 0 radical (unpaired) electrons. The summed E-state index contributed by atoms with van der Waals surface area (Å²) in [6.07, 6.45) is 1.75. The van der Waals surface area contributed by atoms with Gasteiger partial charge in [0.15, 0.2) is 0 Å². The molecular formula is C20H13ClFN3O. The van der Waals surface area contributed by atoms with Crippen LogP contribution in [0.15, 0.2) is 73.1 Å². The summed E-state index contributed by atoms with van der Waals surface area (Å²) >= 11 is 5.93. The highest BCUT2D eigenvalue weighted by Gasteiger charge is 2.15. The van der Waals surface area contributed by atoms with Crippen LogP contribution in [0.5, 0.6) is 0 Å². The molecule has 4 nitrogen and oxygen atoms in total. The summed E-state index contributed by atoms with van der Waals surface area (Å²) in [4.78, 5) is 16.7. The van der Waals surface area contributed by atoms with Gasteiger partial charge in [-0.1, -0.05) is 29.8 Å². The van der Waals surface area contributed by atoms with E-state index in [1.54, 1.807) is 18.5 Å². The number of para-hydroxylation sites is 2. The third-order valence-electron chi connectivity index (χ3n) is 4.05. The fourth-order valence-corrected chi connectivity index (χ4v) is 3.03. The Morgan fingerprint density at radius 2 is 1.77 bits per heavy atom. The first-order valence-electron chi connectivity index (χ1n) is 7.91. The average Bonchev–Trinajstić information content (AvgIpc) is 3.06. The van der Waals surface area contributed by atoms with Gasteiger partial charge in [0.2, 0.25) is 0 Å². The standard InChI is InChI=1S/C20H13ClFN3O/c21-15-4-3-5-16(22)19(15)20(26)24-13-8-10-14(11-9-13)25-12-23-17-6-1-2-7-18(17)25/h1-12H,(H,24,26). The lowest BCUT2D eigenvalue weighted by atomic mass is 10.2. The molecule has 0 unspecified atom stereocenters. The first-order valence-corrected chi connectivity index (χ1v) is 8.29. The fraction of sp³-hybridized carbons (Fsp3) is 0. The van der Waals surface area contributed by atoms with Gasteiger partial charge in [-0.3, -0.25) is 9.36 Å². The number of aromatic nitrogens is 2. The molecule has 0 bridgehead atoms. The molecule has 4 rings (SSSR count). The predicted molar refractivity (Wildman–Crippen MR) is 100 cm³/mol. The SMILES string of the molecule is O=C(Nc1ccc(-n2cnc3ccccc32)cc1)c1c(F)cccc1Cl.